The van der Waals surface area contributed by atoms with Gasteiger partial charge in [0.15, 0.2) is 0 Å². The van der Waals surface area contributed by atoms with Gasteiger partial charge in [-0.2, -0.15) is 0 Å². The SMILES string of the molecule is Cc1cc(C)nc(C(=O)Nc2nnc(C3CCCO3)s2)c1. The van der Waals surface area contributed by atoms with E-state index in [2.05, 4.69) is 20.5 Å². The van der Waals surface area contributed by atoms with Crippen LogP contribution < -0.4 is 5.32 Å². The summed E-state index contributed by atoms with van der Waals surface area (Å²) in [6.45, 7) is 4.56. The molecule has 1 fully saturated rings. The van der Waals surface area contributed by atoms with Gasteiger partial charge in [-0.1, -0.05) is 11.3 Å². The van der Waals surface area contributed by atoms with E-state index in [0.29, 0.717) is 10.8 Å². The molecule has 0 aliphatic carbocycles. The highest BCUT2D eigenvalue weighted by Gasteiger charge is 2.22. The highest BCUT2D eigenvalue weighted by atomic mass is 32.1. The van der Waals surface area contributed by atoms with Crippen molar-refractivity contribution in [3.63, 3.8) is 0 Å². The van der Waals surface area contributed by atoms with Gasteiger partial charge in [0.05, 0.1) is 0 Å². The largest absolute Gasteiger partial charge is 0.371 e. The monoisotopic (exact) mass is 304 g/mol. The minimum Gasteiger partial charge on any atom is -0.371 e. The Bertz CT molecular complexity index is 644. The zero-order valence-corrected chi connectivity index (χ0v) is 12.7. The molecule has 1 aliphatic rings. The first-order chi connectivity index (χ1) is 10.1. The number of aryl methyl sites for hydroxylation is 2. The third kappa shape index (κ3) is 3.25. The average Bonchev–Trinajstić information content (AvgIpc) is 3.07. The van der Waals surface area contributed by atoms with E-state index in [9.17, 15) is 4.79 Å². The van der Waals surface area contributed by atoms with Crippen molar-refractivity contribution in [1.82, 2.24) is 15.2 Å². The first-order valence-electron chi connectivity index (χ1n) is 6.83. The van der Waals surface area contributed by atoms with E-state index in [4.69, 9.17) is 4.74 Å². The lowest BCUT2D eigenvalue weighted by molar-refractivity contribution is 0.102. The van der Waals surface area contributed by atoms with Crippen molar-refractivity contribution < 1.29 is 9.53 Å². The predicted molar refractivity (Wildman–Crippen MR) is 79.5 cm³/mol. The fraction of sp³-hybridized carbons (Fsp3) is 0.429. The van der Waals surface area contributed by atoms with Crippen molar-refractivity contribution in [3.05, 3.63) is 34.1 Å². The van der Waals surface area contributed by atoms with Gasteiger partial charge in [0.2, 0.25) is 5.13 Å². The molecule has 6 nitrogen and oxygen atoms in total. The Balaban J connectivity index is 1.72. The maximum atomic E-state index is 12.2. The second kappa shape index (κ2) is 5.87. The number of hydrogen-bond donors (Lipinski definition) is 1. The third-order valence-electron chi connectivity index (χ3n) is 3.20. The molecule has 0 aromatic carbocycles. The normalized spacial score (nSPS) is 17.9. The van der Waals surface area contributed by atoms with E-state index >= 15 is 0 Å². The van der Waals surface area contributed by atoms with Gasteiger partial charge < -0.3 is 4.74 Å². The fourth-order valence-corrected chi connectivity index (χ4v) is 3.13. The van der Waals surface area contributed by atoms with Gasteiger partial charge in [-0.25, -0.2) is 4.98 Å². The molecule has 0 saturated carbocycles. The Morgan fingerprint density at radius 1 is 1.38 bits per heavy atom. The number of rotatable bonds is 3. The minimum absolute atomic E-state index is 0.0208. The first-order valence-corrected chi connectivity index (χ1v) is 7.65. The molecule has 1 aliphatic heterocycles. The summed E-state index contributed by atoms with van der Waals surface area (Å²) in [4.78, 5) is 16.4. The molecular formula is C14H16N4O2S. The maximum absolute atomic E-state index is 12.2. The fourth-order valence-electron chi connectivity index (χ4n) is 2.31. The zero-order chi connectivity index (χ0) is 14.8. The van der Waals surface area contributed by atoms with Crippen LogP contribution in [-0.4, -0.2) is 27.7 Å². The molecule has 21 heavy (non-hydrogen) atoms. The summed E-state index contributed by atoms with van der Waals surface area (Å²) >= 11 is 1.35. The number of nitrogens with one attached hydrogen (secondary N) is 1. The number of amides is 1. The Labute approximate surface area is 126 Å². The van der Waals surface area contributed by atoms with Crippen molar-refractivity contribution in [1.29, 1.82) is 0 Å². The maximum Gasteiger partial charge on any atom is 0.276 e. The second-order valence-electron chi connectivity index (χ2n) is 5.07. The van der Waals surface area contributed by atoms with Crippen LogP contribution in [0.2, 0.25) is 0 Å². The lowest BCUT2D eigenvalue weighted by Gasteiger charge is -2.04. The highest BCUT2D eigenvalue weighted by Crippen LogP contribution is 2.31. The molecule has 1 unspecified atom stereocenters. The molecule has 1 saturated heterocycles. The van der Waals surface area contributed by atoms with Crippen LogP contribution in [0.3, 0.4) is 0 Å². The molecule has 7 heteroatoms. The standard InChI is InChI=1S/C14H16N4O2S/c1-8-6-9(2)15-10(7-8)12(19)16-14-18-17-13(21-14)11-4-3-5-20-11/h6-7,11H,3-5H2,1-2H3,(H,16,18,19). The second-order valence-corrected chi connectivity index (χ2v) is 6.08. The summed E-state index contributed by atoms with van der Waals surface area (Å²) in [5.74, 6) is -0.267. The van der Waals surface area contributed by atoms with Crippen LogP contribution in [0, 0.1) is 13.8 Å². The van der Waals surface area contributed by atoms with Gasteiger partial charge >= 0.3 is 0 Å². The minimum atomic E-state index is -0.267. The van der Waals surface area contributed by atoms with E-state index < -0.39 is 0 Å². The van der Waals surface area contributed by atoms with Gasteiger partial charge in [-0.15, -0.1) is 10.2 Å². The molecule has 110 valence electrons. The topological polar surface area (TPSA) is 77.0 Å². The number of hydrogen-bond acceptors (Lipinski definition) is 6. The summed E-state index contributed by atoms with van der Waals surface area (Å²) in [5, 5.41) is 12.1. The Kier molecular flexibility index (Phi) is 3.94. The van der Waals surface area contributed by atoms with Crippen LogP contribution in [0.1, 0.15) is 45.7 Å². The predicted octanol–water partition coefficient (Wildman–Crippen LogP) is 2.65. The summed E-state index contributed by atoms with van der Waals surface area (Å²) in [6, 6.07) is 3.68. The number of nitrogens with zero attached hydrogens (tertiary/aromatic N) is 3. The van der Waals surface area contributed by atoms with Crippen molar-refractivity contribution in [2.45, 2.75) is 32.8 Å². The summed E-state index contributed by atoms with van der Waals surface area (Å²) in [5.41, 5.74) is 2.21. The Morgan fingerprint density at radius 2 is 2.24 bits per heavy atom. The van der Waals surface area contributed by atoms with Crippen LogP contribution in [0.5, 0.6) is 0 Å². The quantitative estimate of drug-likeness (QED) is 0.943. The number of carbonyl (C=O) groups excluding carboxylic acids is 1. The van der Waals surface area contributed by atoms with Gasteiger partial charge in [0.1, 0.15) is 16.8 Å². The third-order valence-corrected chi connectivity index (χ3v) is 4.13. The van der Waals surface area contributed by atoms with E-state index in [1.165, 1.54) is 11.3 Å². The molecular weight excluding hydrogens is 288 g/mol. The van der Waals surface area contributed by atoms with Gasteiger partial charge in [-0.05, 0) is 44.4 Å². The van der Waals surface area contributed by atoms with Gasteiger partial charge in [0, 0.05) is 12.3 Å². The number of ether oxygens (including phenoxy) is 1. The van der Waals surface area contributed by atoms with Crippen LogP contribution in [0.4, 0.5) is 5.13 Å². The number of aromatic nitrogens is 3. The lowest BCUT2D eigenvalue weighted by atomic mass is 10.2. The molecule has 0 radical (unpaired) electrons. The van der Waals surface area contributed by atoms with Gasteiger partial charge in [0.25, 0.3) is 5.91 Å². The molecule has 0 spiro atoms. The molecule has 2 aromatic rings. The smallest absolute Gasteiger partial charge is 0.276 e. The molecule has 0 bridgehead atoms. The van der Waals surface area contributed by atoms with Crippen LogP contribution in [0.25, 0.3) is 0 Å². The Morgan fingerprint density at radius 3 is 2.95 bits per heavy atom. The summed E-state index contributed by atoms with van der Waals surface area (Å²) in [7, 11) is 0. The van der Waals surface area contributed by atoms with E-state index in [1.54, 1.807) is 6.07 Å². The molecule has 1 N–H and O–H groups in total. The number of anilines is 1. The summed E-state index contributed by atoms with van der Waals surface area (Å²) in [6.07, 6.45) is 2.02. The molecule has 2 aromatic heterocycles. The van der Waals surface area contributed by atoms with E-state index in [0.717, 1.165) is 35.7 Å². The molecule has 1 amide bonds. The van der Waals surface area contributed by atoms with E-state index in [1.807, 2.05) is 19.9 Å². The van der Waals surface area contributed by atoms with Crippen molar-refractivity contribution >= 4 is 22.4 Å². The Hall–Kier alpha value is -1.86. The van der Waals surface area contributed by atoms with Crippen LogP contribution in [0.15, 0.2) is 12.1 Å². The molecule has 1 atom stereocenters. The summed E-state index contributed by atoms with van der Waals surface area (Å²) < 4.78 is 5.56. The van der Waals surface area contributed by atoms with Gasteiger partial charge in [-0.3, -0.25) is 10.1 Å². The van der Waals surface area contributed by atoms with Crippen LogP contribution >= 0.6 is 11.3 Å². The number of carbonyl (C=O) groups is 1. The van der Waals surface area contributed by atoms with Crippen molar-refractivity contribution in [3.8, 4) is 0 Å². The first kappa shape index (κ1) is 14.1. The van der Waals surface area contributed by atoms with Crippen LogP contribution in [-0.2, 0) is 4.74 Å². The highest BCUT2D eigenvalue weighted by molar-refractivity contribution is 7.15. The average molecular weight is 304 g/mol. The number of pyridine rings is 1. The van der Waals surface area contributed by atoms with Crippen molar-refractivity contribution in [2.24, 2.45) is 0 Å². The molecule has 3 rings (SSSR count). The van der Waals surface area contributed by atoms with E-state index in [-0.39, 0.29) is 12.0 Å². The molecule has 3 heterocycles. The zero-order valence-electron chi connectivity index (χ0n) is 11.9. The lowest BCUT2D eigenvalue weighted by Crippen LogP contribution is -2.14. The van der Waals surface area contributed by atoms with Crippen molar-refractivity contribution in [2.75, 3.05) is 11.9 Å².